The van der Waals surface area contributed by atoms with E-state index in [1.54, 1.807) is 0 Å². The van der Waals surface area contributed by atoms with Crippen LogP contribution < -0.4 is 11.1 Å². The van der Waals surface area contributed by atoms with Gasteiger partial charge >= 0.3 is 0 Å². The van der Waals surface area contributed by atoms with Crippen molar-refractivity contribution in [1.29, 1.82) is 0 Å². The van der Waals surface area contributed by atoms with Gasteiger partial charge in [0.25, 0.3) is 0 Å². The van der Waals surface area contributed by atoms with Gasteiger partial charge in [0, 0.05) is 13.0 Å². The Morgan fingerprint density at radius 1 is 1.24 bits per heavy atom. The van der Waals surface area contributed by atoms with Crippen LogP contribution in [0.4, 0.5) is 0 Å². The standard InChI is InChI=1S/C18H26N2O/c19-13-18(9-3-4-10-18)20-17(21)12-14-7-8-15-5-1-2-6-16(15)11-14/h1-2,5-6,14H,3-4,7-13,19H2,(H,20,21). The van der Waals surface area contributed by atoms with Gasteiger partial charge in [-0.05, 0) is 49.1 Å². The molecular weight excluding hydrogens is 260 g/mol. The number of hydrogen-bond acceptors (Lipinski definition) is 2. The van der Waals surface area contributed by atoms with Gasteiger partial charge in [0.2, 0.25) is 5.91 Å². The van der Waals surface area contributed by atoms with Gasteiger partial charge in [0.05, 0.1) is 5.54 Å². The molecule has 3 N–H and O–H groups in total. The Morgan fingerprint density at radius 2 is 1.95 bits per heavy atom. The molecule has 1 saturated carbocycles. The highest BCUT2D eigenvalue weighted by molar-refractivity contribution is 5.77. The number of hydrogen-bond donors (Lipinski definition) is 2. The lowest BCUT2D eigenvalue weighted by atomic mass is 9.82. The molecule has 1 amide bonds. The summed E-state index contributed by atoms with van der Waals surface area (Å²) in [6, 6.07) is 8.63. The Hall–Kier alpha value is -1.35. The third kappa shape index (κ3) is 3.29. The maximum absolute atomic E-state index is 12.4. The number of rotatable bonds is 4. The summed E-state index contributed by atoms with van der Waals surface area (Å²) < 4.78 is 0. The molecule has 0 aromatic heterocycles. The van der Waals surface area contributed by atoms with Crippen LogP contribution in [0.15, 0.2) is 24.3 Å². The first-order valence-electron chi connectivity index (χ1n) is 8.29. The Bertz CT molecular complexity index is 506. The number of nitrogens with two attached hydrogens (primary N) is 1. The van der Waals surface area contributed by atoms with E-state index >= 15 is 0 Å². The van der Waals surface area contributed by atoms with Gasteiger partial charge in [-0.15, -0.1) is 0 Å². The molecule has 0 aliphatic heterocycles. The van der Waals surface area contributed by atoms with E-state index in [1.165, 1.54) is 24.0 Å². The Balaban J connectivity index is 1.56. The van der Waals surface area contributed by atoms with Crippen molar-refractivity contribution in [3.63, 3.8) is 0 Å². The van der Waals surface area contributed by atoms with Gasteiger partial charge in [-0.25, -0.2) is 0 Å². The second-order valence-electron chi connectivity index (χ2n) is 6.82. The summed E-state index contributed by atoms with van der Waals surface area (Å²) in [7, 11) is 0. The average molecular weight is 286 g/mol. The van der Waals surface area contributed by atoms with Crippen LogP contribution in [0.2, 0.25) is 0 Å². The molecule has 3 nitrogen and oxygen atoms in total. The van der Waals surface area contributed by atoms with Crippen LogP contribution in [0.5, 0.6) is 0 Å². The van der Waals surface area contributed by atoms with Crippen molar-refractivity contribution >= 4 is 5.91 Å². The summed E-state index contributed by atoms with van der Waals surface area (Å²) in [5, 5.41) is 3.25. The SMILES string of the molecule is NCC1(NC(=O)CC2CCc3ccccc3C2)CCCC1. The zero-order chi connectivity index (χ0) is 14.7. The van der Waals surface area contributed by atoms with Crippen molar-refractivity contribution in [2.24, 2.45) is 11.7 Å². The molecule has 1 unspecified atom stereocenters. The number of carbonyl (C=O) groups is 1. The first kappa shape index (κ1) is 14.6. The number of carbonyl (C=O) groups excluding carboxylic acids is 1. The zero-order valence-corrected chi connectivity index (χ0v) is 12.7. The van der Waals surface area contributed by atoms with Gasteiger partial charge in [0.1, 0.15) is 0 Å². The third-order valence-corrected chi connectivity index (χ3v) is 5.28. The molecule has 0 spiro atoms. The van der Waals surface area contributed by atoms with Crippen LogP contribution in [-0.2, 0) is 17.6 Å². The van der Waals surface area contributed by atoms with E-state index in [0.29, 0.717) is 18.9 Å². The lowest BCUT2D eigenvalue weighted by Crippen LogP contribution is -2.52. The van der Waals surface area contributed by atoms with E-state index in [4.69, 9.17) is 5.73 Å². The maximum Gasteiger partial charge on any atom is 0.220 e. The van der Waals surface area contributed by atoms with Gasteiger partial charge in [-0.1, -0.05) is 37.1 Å². The second kappa shape index (κ2) is 6.18. The molecule has 3 rings (SSSR count). The first-order valence-corrected chi connectivity index (χ1v) is 8.29. The van der Waals surface area contributed by atoms with Crippen LogP contribution in [0.25, 0.3) is 0 Å². The van der Waals surface area contributed by atoms with Crippen LogP contribution in [0.1, 0.15) is 49.7 Å². The van der Waals surface area contributed by atoms with Crippen molar-refractivity contribution < 1.29 is 4.79 Å². The molecule has 114 valence electrons. The summed E-state index contributed by atoms with van der Waals surface area (Å²) in [6.45, 7) is 0.576. The highest BCUT2D eigenvalue weighted by Crippen LogP contribution is 2.30. The molecule has 2 aliphatic rings. The summed E-state index contributed by atoms with van der Waals surface area (Å²) in [4.78, 5) is 12.4. The Morgan fingerprint density at radius 3 is 2.67 bits per heavy atom. The van der Waals surface area contributed by atoms with Crippen LogP contribution in [0, 0.1) is 5.92 Å². The van der Waals surface area contributed by atoms with Crippen LogP contribution >= 0.6 is 0 Å². The third-order valence-electron chi connectivity index (χ3n) is 5.28. The van der Waals surface area contributed by atoms with E-state index in [-0.39, 0.29) is 11.4 Å². The topological polar surface area (TPSA) is 55.1 Å². The smallest absolute Gasteiger partial charge is 0.220 e. The second-order valence-corrected chi connectivity index (χ2v) is 6.82. The number of fused-ring (bicyclic) bond motifs is 1. The highest BCUT2D eigenvalue weighted by atomic mass is 16.1. The maximum atomic E-state index is 12.4. The average Bonchev–Trinajstić information content (AvgIpc) is 2.96. The molecule has 0 heterocycles. The largest absolute Gasteiger partial charge is 0.349 e. The summed E-state index contributed by atoms with van der Waals surface area (Å²) in [5.74, 6) is 0.683. The zero-order valence-electron chi connectivity index (χ0n) is 12.7. The summed E-state index contributed by atoms with van der Waals surface area (Å²) >= 11 is 0. The Labute approximate surface area is 127 Å². The number of nitrogens with one attached hydrogen (secondary N) is 1. The normalized spacial score (nSPS) is 23.6. The fraction of sp³-hybridized carbons (Fsp3) is 0.611. The predicted octanol–water partition coefficient (Wildman–Crippen LogP) is 2.57. The van der Waals surface area contributed by atoms with Gasteiger partial charge in [-0.2, -0.15) is 0 Å². The van der Waals surface area contributed by atoms with Crippen molar-refractivity contribution in [1.82, 2.24) is 5.32 Å². The minimum absolute atomic E-state index is 0.107. The molecule has 1 fully saturated rings. The summed E-state index contributed by atoms with van der Waals surface area (Å²) in [5.41, 5.74) is 8.68. The molecule has 1 aromatic carbocycles. The number of aryl methyl sites for hydroxylation is 1. The molecule has 0 bridgehead atoms. The van der Waals surface area contributed by atoms with E-state index in [2.05, 4.69) is 29.6 Å². The van der Waals surface area contributed by atoms with E-state index in [9.17, 15) is 4.79 Å². The molecule has 3 heteroatoms. The first-order chi connectivity index (χ1) is 10.2. The van der Waals surface area contributed by atoms with Crippen molar-refractivity contribution in [2.45, 2.75) is 56.9 Å². The molecule has 0 saturated heterocycles. The molecule has 2 aliphatic carbocycles. The van der Waals surface area contributed by atoms with E-state index < -0.39 is 0 Å². The Kier molecular flexibility index (Phi) is 4.29. The number of benzene rings is 1. The molecule has 1 atom stereocenters. The minimum atomic E-state index is -0.107. The van der Waals surface area contributed by atoms with Gasteiger partial charge in [0.15, 0.2) is 0 Å². The van der Waals surface area contributed by atoms with Gasteiger partial charge in [-0.3, -0.25) is 4.79 Å². The monoisotopic (exact) mass is 286 g/mol. The van der Waals surface area contributed by atoms with Crippen molar-refractivity contribution in [2.75, 3.05) is 6.54 Å². The van der Waals surface area contributed by atoms with Crippen LogP contribution in [0.3, 0.4) is 0 Å². The van der Waals surface area contributed by atoms with E-state index in [1.807, 2.05) is 0 Å². The lowest BCUT2D eigenvalue weighted by molar-refractivity contribution is -0.123. The minimum Gasteiger partial charge on any atom is -0.349 e. The van der Waals surface area contributed by atoms with Crippen molar-refractivity contribution in [3.8, 4) is 0 Å². The molecule has 21 heavy (non-hydrogen) atoms. The molecular formula is C18H26N2O. The van der Waals surface area contributed by atoms with Crippen LogP contribution in [-0.4, -0.2) is 18.0 Å². The van der Waals surface area contributed by atoms with Crippen molar-refractivity contribution in [3.05, 3.63) is 35.4 Å². The molecule has 1 aromatic rings. The predicted molar refractivity (Wildman–Crippen MR) is 85.0 cm³/mol. The quantitative estimate of drug-likeness (QED) is 0.894. The highest BCUT2D eigenvalue weighted by Gasteiger charge is 2.34. The summed E-state index contributed by atoms with van der Waals surface area (Å²) in [6.07, 6.45) is 8.39. The number of amides is 1. The lowest BCUT2D eigenvalue weighted by Gasteiger charge is -2.30. The van der Waals surface area contributed by atoms with Gasteiger partial charge < -0.3 is 11.1 Å². The van der Waals surface area contributed by atoms with E-state index in [0.717, 1.165) is 32.1 Å². The fourth-order valence-corrected chi connectivity index (χ4v) is 3.99. The molecule has 0 radical (unpaired) electrons. The fourth-order valence-electron chi connectivity index (χ4n) is 3.99.